The molecule has 0 aliphatic heterocycles. The van der Waals surface area contributed by atoms with E-state index in [0.717, 1.165) is 22.1 Å². The fraction of sp³-hybridized carbons (Fsp3) is 0.136. The summed E-state index contributed by atoms with van der Waals surface area (Å²) in [6.45, 7) is 7.74. The first-order chi connectivity index (χ1) is 13.9. The van der Waals surface area contributed by atoms with Gasteiger partial charge in [0.05, 0.1) is 5.70 Å². The number of thioether (sulfide) groups is 1. The monoisotopic (exact) mass is 406 g/mol. The topological polar surface area (TPSA) is 87.1 Å². The molecule has 0 aliphatic carbocycles. The number of para-hydroxylation sites is 1. The molecule has 29 heavy (non-hydrogen) atoms. The number of hydrogen-bond donors (Lipinski definition) is 3. The van der Waals surface area contributed by atoms with Crippen LogP contribution in [0.25, 0.3) is 5.70 Å². The lowest BCUT2D eigenvalue weighted by atomic mass is 10.1. The molecular formula is C22H22N4O2S. The van der Waals surface area contributed by atoms with Gasteiger partial charge in [0.15, 0.2) is 5.16 Å². The van der Waals surface area contributed by atoms with Gasteiger partial charge in [-0.15, -0.1) is 0 Å². The number of aromatic nitrogens is 2. The third-order valence-electron chi connectivity index (χ3n) is 4.10. The molecule has 3 rings (SSSR count). The summed E-state index contributed by atoms with van der Waals surface area (Å²) in [5.74, 6) is 0.514. The van der Waals surface area contributed by atoms with E-state index in [1.54, 1.807) is 48.2 Å². The largest absolute Gasteiger partial charge is 0.507 e. The third kappa shape index (κ3) is 5.58. The summed E-state index contributed by atoms with van der Waals surface area (Å²) in [5.41, 5.74) is 9.73. The van der Waals surface area contributed by atoms with Crippen molar-refractivity contribution < 1.29 is 9.90 Å². The maximum absolute atomic E-state index is 12.3. The van der Waals surface area contributed by atoms with Gasteiger partial charge in [0.2, 0.25) is 0 Å². The number of nitrogens with one attached hydrogen (secondary N) is 2. The molecule has 2 aromatic carbocycles. The van der Waals surface area contributed by atoms with Gasteiger partial charge in [-0.1, -0.05) is 42.6 Å². The maximum atomic E-state index is 12.3. The second-order valence-corrected chi connectivity index (χ2v) is 7.44. The minimum atomic E-state index is -0.293. The van der Waals surface area contributed by atoms with Crippen molar-refractivity contribution >= 4 is 23.4 Å². The first-order valence-corrected chi connectivity index (χ1v) is 9.98. The Morgan fingerprint density at radius 1 is 1.03 bits per heavy atom. The molecule has 0 fully saturated rings. The Kier molecular flexibility index (Phi) is 6.51. The van der Waals surface area contributed by atoms with E-state index in [2.05, 4.69) is 27.4 Å². The van der Waals surface area contributed by atoms with Crippen LogP contribution in [-0.4, -0.2) is 21.0 Å². The average molecular weight is 407 g/mol. The number of carbonyl (C=O) groups is 1. The summed E-state index contributed by atoms with van der Waals surface area (Å²) in [7, 11) is 0. The SMILES string of the molecule is C=C(NNC(=O)c1ccc(CSc2nc(C)cc(C)n2)cc1)c1ccccc1O. The second kappa shape index (κ2) is 9.25. The Bertz CT molecular complexity index is 1010. The fourth-order valence-corrected chi connectivity index (χ4v) is 3.56. The van der Waals surface area contributed by atoms with E-state index < -0.39 is 0 Å². The number of amides is 1. The Morgan fingerprint density at radius 2 is 1.69 bits per heavy atom. The molecule has 1 amide bonds. The number of phenolic OH excluding ortho intramolecular Hbond substituents is 1. The molecule has 3 aromatic rings. The van der Waals surface area contributed by atoms with Crippen LogP contribution in [0.2, 0.25) is 0 Å². The molecule has 0 saturated heterocycles. The van der Waals surface area contributed by atoms with Gasteiger partial charge < -0.3 is 5.11 Å². The highest BCUT2D eigenvalue weighted by Crippen LogP contribution is 2.21. The molecule has 148 valence electrons. The van der Waals surface area contributed by atoms with E-state index in [1.165, 1.54) is 0 Å². The first-order valence-electron chi connectivity index (χ1n) is 9.00. The molecule has 1 aromatic heterocycles. The average Bonchev–Trinajstić information content (AvgIpc) is 2.70. The number of hydrogen-bond acceptors (Lipinski definition) is 6. The van der Waals surface area contributed by atoms with Crippen molar-refractivity contribution in [2.45, 2.75) is 24.8 Å². The van der Waals surface area contributed by atoms with Crippen LogP contribution < -0.4 is 10.9 Å². The number of nitrogens with zero attached hydrogens (tertiary/aromatic N) is 2. The number of phenols is 1. The smallest absolute Gasteiger partial charge is 0.269 e. The molecular weight excluding hydrogens is 384 g/mol. The minimum absolute atomic E-state index is 0.0916. The van der Waals surface area contributed by atoms with Crippen LogP contribution in [-0.2, 0) is 5.75 Å². The predicted molar refractivity (Wildman–Crippen MR) is 115 cm³/mol. The lowest BCUT2D eigenvalue weighted by Gasteiger charge is -2.12. The zero-order valence-electron chi connectivity index (χ0n) is 16.3. The first kappa shape index (κ1) is 20.4. The molecule has 3 N–H and O–H groups in total. The van der Waals surface area contributed by atoms with Crippen molar-refractivity contribution in [2.75, 3.05) is 0 Å². The summed E-state index contributed by atoms with van der Waals surface area (Å²) in [6.07, 6.45) is 0. The second-order valence-electron chi connectivity index (χ2n) is 6.49. The number of carbonyl (C=O) groups excluding carboxylic acids is 1. The van der Waals surface area contributed by atoms with Gasteiger partial charge in [-0.2, -0.15) is 0 Å². The molecule has 7 heteroatoms. The molecule has 1 heterocycles. The summed E-state index contributed by atoms with van der Waals surface area (Å²) in [4.78, 5) is 21.2. The van der Waals surface area contributed by atoms with Crippen LogP contribution in [0.3, 0.4) is 0 Å². The normalized spacial score (nSPS) is 10.4. The fourth-order valence-electron chi connectivity index (χ4n) is 2.66. The van der Waals surface area contributed by atoms with E-state index >= 15 is 0 Å². The molecule has 0 bridgehead atoms. The highest BCUT2D eigenvalue weighted by atomic mass is 32.2. The minimum Gasteiger partial charge on any atom is -0.507 e. The molecule has 0 spiro atoms. The Balaban J connectivity index is 1.54. The van der Waals surface area contributed by atoms with Crippen molar-refractivity contribution in [3.05, 3.63) is 89.3 Å². The molecule has 6 nitrogen and oxygen atoms in total. The maximum Gasteiger partial charge on any atom is 0.269 e. The van der Waals surface area contributed by atoms with Crippen LogP contribution in [0.1, 0.15) is 32.9 Å². The van der Waals surface area contributed by atoms with Crippen LogP contribution in [0, 0.1) is 13.8 Å². The summed E-state index contributed by atoms with van der Waals surface area (Å²) in [5, 5.41) is 10.6. The van der Waals surface area contributed by atoms with Crippen molar-refractivity contribution in [1.29, 1.82) is 0 Å². The van der Waals surface area contributed by atoms with Crippen LogP contribution >= 0.6 is 11.8 Å². The lowest BCUT2D eigenvalue weighted by molar-refractivity contribution is 0.0942. The van der Waals surface area contributed by atoms with Gasteiger partial charge in [-0.25, -0.2) is 9.97 Å². The highest BCUT2D eigenvalue weighted by Gasteiger charge is 2.08. The Morgan fingerprint density at radius 3 is 2.34 bits per heavy atom. The van der Waals surface area contributed by atoms with Crippen LogP contribution in [0.15, 0.2) is 66.3 Å². The van der Waals surface area contributed by atoms with Gasteiger partial charge in [0.1, 0.15) is 5.75 Å². The van der Waals surface area contributed by atoms with Crippen LogP contribution in [0.5, 0.6) is 5.75 Å². The zero-order valence-corrected chi connectivity index (χ0v) is 17.1. The van der Waals surface area contributed by atoms with Crippen LogP contribution in [0.4, 0.5) is 0 Å². The van der Waals surface area contributed by atoms with Gasteiger partial charge in [-0.05, 0) is 49.7 Å². The number of aryl methyl sites for hydroxylation is 2. The summed E-state index contributed by atoms with van der Waals surface area (Å²) in [6, 6.07) is 16.0. The number of benzene rings is 2. The van der Waals surface area contributed by atoms with Gasteiger partial charge in [0, 0.05) is 28.3 Å². The van der Waals surface area contributed by atoms with Crippen molar-refractivity contribution in [1.82, 2.24) is 20.8 Å². The molecule has 0 unspecified atom stereocenters. The summed E-state index contributed by atoms with van der Waals surface area (Å²) >= 11 is 1.56. The van der Waals surface area contributed by atoms with E-state index in [9.17, 15) is 9.90 Å². The summed E-state index contributed by atoms with van der Waals surface area (Å²) < 4.78 is 0. The zero-order chi connectivity index (χ0) is 20.8. The Labute approximate surface area is 174 Å². The van der Waals surface area contributed by atoms with E-state index in [1.807, 2.05) is 32.0 Å². The third-order valence-corrected chi connectivity index (χ3v) is 5.02. The van der Waals surface area contributed by atoms with E-state index in [4.69, 9.17) is 0 Å². The number of hydrazine groups is 1. The van der Waals surface area contributed by atoms with Gasteiger partial charge in [-0.3, -0.25) is 15.6 Å². The quantitative estimate of drug-likeness (QED) is 0.312. The highest BCUT2D eigenvalue weighted by molar-refractivity contribution is 7.98. The Hall–Kier alpha value is -3.32. The predicted octanol–water partition coefficient (Wildman–Crippen LogP) is 4.00. The van der Waals surface area contributed by atoms with Crippen molar-refractivity contribution in [3.8, 4) is 5.75 Å². The van der Waals surface area contributed by atoms with Crippen molar-refractivity contribution in [3.63, 3.8) is 0 Å². The lowest BCUT2D eigenvalue weighted by Crippen LogP contribution is -2.35. The van der Waals surface area contributed by atoms with Gasteiger partial charge in [0.25, 0.3) is 5.91 Å². The molecule has 0 atom stereocenters. The van der Waals surface area contributed by atoms with E-state index in [0.29, 0.717) is 22.6 Å². The number of aromatic hydroxyl groups is 1. The number of rotatable bonds is 7. The van der Waals surface area contributed by atoms with Gasteiger partial charge >= 0.3 is 0 Å². The molecule has 0 aliphatic rings. The molecule has 0 saturated carbocycles. The van der Waals surface area contributed by atoms with Crippen molar-refractivity contribution in [2.24, 2.45) is 0 Å². The standard InChI is InChI=1S/C22H22N4O2S/c1-14-12-15(2)24-22(23-14)29-13-17-8-10-18(11-9-17)21(28)26-25-16(3)19-6-4-5-7-20(19)27/h4-12,25,27H,3,13H2,1-2H3,(H,26,28). The van der Waals surface area contributed by atoms with E-state index in [-0.39, 0.29) is 11.7 Å². The molecule has 0 radical (unpaired) electrons.